The molecule has 2 rings (SSSR count). The van der Waals surface area contributed by atoms with Crippen LogP contribution in [0.3, 0.4) is 0 Å². The van der Waals surface area contributed by atoms with Gasteiger partial charge in [-0.15, -0.1) is 0 Å². The number of methoxy groups -OCH3 is 2. The van der Waals surface area contributed by atoms with Gasteiger partial charge in [-0.1, -0.05) is 37.3 Å². The van der Waals surface area contributed by atoms with Crippen LogP contribution in [-0.4, -0.2) is 20.0 Å². The molecule has 1 atom stereocenters. The van der Waals surface area contributed by atoms with Crippen LogP contribution in [0.15, 0.2) is 46.9 Å². The summed E-state index contributed by atoms with van der Waals surface area (Å²) in [6.45, 7) is 1.90. The van der Waals surface area contributed by atoms with Crippen molar-refractivity contribution in [3.8, 4) is 11.5 Å². The quantitative estimate of drug-likeness (QED) is 0.748. The molecule has 0 aliphatic rings. The van der Waals surface area contributed by atoms with Crippen LogP contribution in [0.5, 0.6) is 11.5 Å². The topological polar surface area (TPSA) is 35.5 Å². The van der Waals surface area contributed by atoms with Gasteiger partial charge in [0.15, 0.2) is 17.3 Å². The molecular formula is C17H17BrO3. The zero-order valence-electron chi connectivity index (χ0n) is 12.2. The molecule has 0 aliphatic carbocycles. The van der Waals surface area contributed by atoms with Crippen LogP contribution in [0.2, 0.25) is 0 Å². The molecule has 110 valence electrons. The van der Waals surface area contributed by atoms with Crippen molar-refractivity contribution in [3.05, 3.63) is 58.1 Å². The van der Waals surface area contributed by atoms with Gasteiger partial charge in [0.25, 0.3) is 0 Å². The molecule has 3 nitrogen and oxygen atoms in total. The van der Waals surface area contributed by atoms with E-state index < -0.39 is 0 Å². The summed E-state index contributed by atoms with van der Waals surface area (Å²) in [5, 5.41) is 0. The molecular weight excluding hydrogens is 332 g/mol. The Labute approximate surface area is 133 Å². The van der Waals surface area contributed by atoms with Crippen LogP contribution in [0.1, 0.15) is 28.8 Å². The van der Waals surface area contributed by atoms with Gasteiger partial charge in [0.1, 0.15) is 0 Å². The van der Waals surface area contributed by atoms with E-state index in [0.717, 1.165) is 5.56 Å². The highest BCUT2D eigenvalue weighted by Gasteiger charge is 2.21. The molecule has 0 aliphatic heterocycles. The number of benzene rings is 2. The molecule has 0 radical (unpaired) electrons. The number of carbonyl (C=O) groups excluding carboxylic acids is 1. The summed E-state index contributed by atoms with van der Waals surface area (Å²) in [5.41, 5.74) is 1.58. The largest absolute Gasteiger partial charge is 0.493 e. The second-order valence-corrected chi connectivity index (χ2v) is 5.54. The third kappa shape index (κ3) is 3.27. The van der Waals surface area contributed by atoms with E-state index in [4.69, 9.17) is 9.47 Å². The summed E-state index contributed by atoms with van der Waals surface area (Å²) < 4.78 is 11.2. The predicted molar refractivity (Wildman–Crippen MR) is 86.4 cm³/mol. The lowest BCUT2D eigenvalue weighted by Gasteiger charge is -2.15. The molecule has 0 spiro atoms. The Bertz CT molecular complexity index is 638. The Morgan fingerprint density at radius 2 is 1.62 bits per heavy atom. The first-order valence-electron chi connectivity index (χ1n) is 6.59. The number of halogens is 1. The van der Waals surface area contributed by atoms with E-state index >= 15 is 0 Å². The maximum atomic E-state index is 12.7. The Kier molecular flexibility index (Phi) is 5.02. The van der Waals surface area contributed by atoms with Gasteiger partial charge in [-0.25, -0.2) is 0 Å². The molecule has 0 heterocycles. The molecule has 0 fully saturated rings. The number of Topliss-reactive ketones (excluding diaryl/α,β-unsaturated/α-hetero) is 1. The number of carbonyl (C=O) groups is 1. The normalized spacial score (nSPS) is 11.8. The minimum atomic E-state index is -0.222. The van der Waals surface area contributed by atoms with Gasteiger partial charge < -0.3 is 9.47 Å². The van der Waals surface area contributed by atoms with E-state index in [0.29, 0.717) is 21.5 Å². The van der Waals surface area contributed by atoms with Crippen molar-refractivity contribution in [2.45, 2.75) is 12.8 Å². The maximum Gasteiger partial charge on any atom is 0.171 e. The number of ketones is 1. The Morgan fingerprint density at radius 3 is 2.19 bits per heavy atom. The van der Waals surface area contributed by atoms with Crippen LogP contribution < -0.4 is 9.47 Å². The number of hydrogen-bond donors (Lipinski definition) is 0. The average Bonchev–Trinajstić information content (AvgIpc) is 2.54. The number of rotatable bonds is 5. The molecule has 0 amide bonds. The first-order valence-corrected chi connectivity index (χ1v) is 7.38. The lowest BCUT2D eigenvalue weighted by atomic mass is 9.92. The van der Waals surface area contributed by atoms with Gasteiger partial charge in [-0.05, 0) is 33.6 Å². The zero-order chi connectivity index (χ0) is 15.4. The van der Waals surface area contributed by atoms with E-state index in [9.17, 15) is 4.79 Å². The first kappa shape index (κ1) is 15.6. The Balaban J connectivity index is 2.39. The summed E-state index contributed by atoms with van der Waals surface area (Å²) in [4.78, 5) is 12.7. The molecule has 1 unspecified atom stereocenters. The van der Waals surface area contributed by atoms with Crippen LogP contribution in [0.4, 0.5) is 0 Å². The molecule has 0 N–H and O–H groups in total. The van der Waals surface area contributed by atoms with E-state index in [-0.39, 0.29) is 11.7 Å². The smallest absolute Gasteiger partial charge is 0.171 e. The van der Waals surface area contributed by atoms with Gasteiger partial charge in [0, 0.05) is 16.0 Å². The molecule has 0 bridgehead atoms. The molecule has 2 aromatic rings. The highest BCUT2D eigenvalue weighted by molar-refractivity contribution is 9.10. The highest BCUT2D eigenvalue weighted by Crippen LogP contribution is 2.35. The van der Waals surface area contributed by atoms with Gasteiger partial charge in [0.2, 0.25) is 0 Å². The number of ether oxygens (including phenoxy) is 2. The average molecular weight is 349 g/mol. The zero-order valence-corrected chi connectivity index (χ0v) is 13.8. The number of hydrogen-bond acceptors (Lipinski definition) is 3. The lowest BCUT2D eigenvalue weighted by Crippen LogP contribution is -2.11. The fourth-order valence-corrected chi connectivity index (χ4v) is 2.69. The van der Waals surface area contributed by atoms with E-state index in [1.165, 1.54) is 0 Å². The SMILES string of the molecule is COc1cc(Br)c(C(=O)C(C)c2ccccc2)cc1OC. The summed E-state index contributed by atoms with van der Waals surface area (Å²) >= 11 is 3.44. The van der Waals surface area contributed by atoms with Crippen molar-refractivity contribution in [2.75, 3.05) is 14.2 Å². The summed E-state index contributed by atoms with van der Waals surface area (Å²) in [6.07, 6.45) is 0. The van der Waals surface area contributed by atoms with E-state index in [2.05, 4.69) is 15.9 Å². The second kappa shape index (κ2) is 6.76. The summed E-state index contributed by atoms with van der Waals surface area (Å²) in [7, 11) is 3.12. The van der Waals surface area contributed by atoms with Gasteiger partial charge in [-0.3, -0.25) is 4.79 Å². The molecule has 0 aromatic heterocycles. The second-order valence-electron chi connectivity index (χ2n) is 4.68. The monoisotopic (exact) mass is 348 g/mol. The van der Waals surface area contributed by atoms with Crippen LogP contribution in [0.25, 0.3) is 0 Å². The van der Waals surface area contributed by atoms with Crippen molar-refractivity contribution in [1.82, 2.24) is 0 Å². The van der Waals surface area contributed by atoms with Crippen molar-refractivity contribution in [2.24, 2.45) is 0 Å². The Hall–Kier alpha value is -1.81. The molecule has 4 heteroatoms. The van der Waals surface area contributed by atoms with Gasteiger partial charge in [-0.2, -0.15) is 0 Å². The molecule has 21 heavy (non-hydrogen) atoms. The standard InChI is InChI=1S/C17H17BrO3/c1-11(12-7-5-4-6-8-12)17(19)13-9-15(20-2)16(21-3)10-14(13)18/h4-11H,1-3H3. The Morgan fingerprint density at radius 1 is 1.05 bits per heavy atom. The van der Waals surface area contributed by atoms with Gasteiger partial charge in [0.05, 0.1) is 14.2 Å². The molecule has 2 aromatic carbocycles. The van der Waals surface area contributed by atoms with Crippen LogP contribution >= 0.6 is 15.9 Å². The lowest BCUT2D eigenvalue weighted by molar-refractivity contribution is 0.0965. The first-order chi connectivity index (χ1) is 10.1. The third-order valence-corrected chi connectivity index (χ3v) is 4.09. The van der Waals surface area contributed by atoms with Crippen molar-refractivity contribution < 1.29 is 14.3 Å². The maximum absolute atomic E-state index is 12.7. The fourth-order valence-electron chi connectivity index (χ4n) is 2.17. The summed E-state index contributed by atoms with van der Waals surface area (Å²) in [5.74, 6) is 0.951. The molecule has 0 saturated carbocycles. The van der Waals surface area contributed by atoms with Gasteiger partial charge >= 0.3 is 0 Å². The minimum Gasteiger partial charge on any atom is -0.493 e. The highest BCUT2D eigenvalue weighted by atomic mass is 79.9. The third-order valence-electron chi connectivity index (χ3n) is 3.43. The van der Waals surface area contributed by atoms with Crippen LogP contribution in [0, 0.1) is 0 Å². The predicted octanol–water partition coefficient (Wildman–Crippen LogP) is 4.45. The summed E-state index contributed by atoms with van der Waals surface area (Å²) in [6, 6.07) is 13.2. The van der Waals surface area contributed by atoms with Crippen molar-refractivity contribution in [3.63, 3.8) is 0 Å². The minimum absolute atomic E-state index is 0.0361. The van der Waals surface area contributed by atoms with Crippen molar-refractivity contribution in [1.29, 1.82) is 0 Å². The van der Waals surface area contributed by atoms with E-state index in [1.807, 2.05) is 37.3 Å². The van der Waals surface area contributed by atoms with Crippen molar-refractivity contribution >= 4 is 21.7 Å². The van der Waals surface area contributed by atoms with E-state index in [1.54, 1.807) is 26.4 Å². The van der Waals surface area contributed by atoms with Crippen LogP contribution in [-0.2, 0) is 0 Å². The molecule has 0 saturated heterocycles. The fraction of sp³-hybridized carbons (Fsp3) is 0.235.